The second kappa shape index (κ2) is 7.10. The first kappa shape index (κ1) is 16.2. The predicted octanol–water partition coefficient (Wildman–Crippen LogP) is 2.76. The lowest BCUT2D eigenvalue weighted by molar-refractivity contribution is 0.472. The van der Waals surface area contributed by atoms with Crippen LogP contribution < -0.4 is 5.32 Å². The fourth-order valence-corrected chi connectivity index (χ4v) is 3.16. The minimum Gasteiger partial charge on any atom is -0.466 e. The first-order valence-corrected chi connectivity index (χ1v) is 8.72. The Balaban J connectivity index is 2.66. The molecule has 0 aromatic carbocycles. The number of hydrogen-bond acceptors (Lipinski definition) is 4. The highest BCUT2D eigenvalue weighted by molar-refractivity contribution is 7.91. The fraction of sp³-hybridized carbons (Fsp3) is 0.714. The van der Waals surface area contributed by atoms with Gasteiger partial charge in [-0.2, -0.15) is 0 Å². The molecular weight excluding hydrogens is 262 g/mol. The Hall–Kier alpha value is -0.810. The Kier molecular flexibility index (Phi) is 6.07. The molecule has 0 aliphatic carbocycles. The molecule has 0 fully saturated rings. The summed E-state index contributed by atoms with van der Waals surface area (Å²) in [6, 6.07) is 2.21. The van der Waals surface area contributed by atoms with E-state index >= 15 is 0 Å². The second-order valence-corrected chi connectivity index (χ2v) is 7.33. The number of hydrogen-bond donors (Lipinski definition) is 1. The SMILES string of the molecule is CCNC(CCCS(=O)(=O)CC)c1cc(C)oc1C. The quantitative estimate of drug-likeness (QED) is 0.798. The maximum Gasteiger partial charge on any atom is 0.150 e. The molecule has 110 valence electrons. The molecule has 0 aliphatic rings. The minimum absolute atomic E-state index is 0.175. The van der Waals surface area contributed by atoms with Gasteiger partial charge in [-0.25, -0.2) is 8.42 Å². The maximum atomic E-state index is 11.5. The summed E-state index contributed by atoms with van der Waals surface area (Å²) in [4.78, 5) is 0. The minimum atomic E-state index is -2.87. The monoisotopic (exact) mass is 287 g/mol. The van der Waals surface area contributed by atoms with E-state index in [9.17, 15) is 8.42 Å². The second-order valence-electron chi connectivity index (χ2n) is 4.86. The van der Waals surface area contributed by atoms with Gasteiger partial charge in [0, 0.05) is 17.4 Å². The number of nitrogens with one attached hydrogen (secondary N) is 1. The predicted molar refractivity (Wildman–Crippen MR) is 78.2 cm³/mol. The van der Waals surface area contributed by atoms with Crippen molar-refractivity contribution in [3.63, 3.8) is 0 Å². The third-order valence-electron chi connectivity index (χ3n) is 3.29. The van der Waals surface area contributed by atoms with Crippen molar-refractivity contribution in [1.29, 1.82) is 0 Å². The standard InChI is InChI=1S/C14H25NO3S/c1-5-15-14(8-7-9-19(16,17)6-2)13-10-11(3)18-12(13)4/h10,14-15H,5-9H2,1-4H3. The van der Waals surface area contributed by atoms with E-state index in [1.165, 1.54) is 0 Å². The Morgan fingerprint density at radius 2 is 2.00 bits per heavy atom. The van der Waals surface area contributed by atoms with Crippen LogP contribution in [-0.4, -0.2) is 26.5 Å². The third kappa shape index (κ3) is 4.99. The van der Waals surface area contributed by atoms with Crippen molar-refractivity contribution >= 4 is 9.84 Å². The zero-order valence-electron chi connectivity index (χ0n) is 12.3. The molecule has 1 N–H and O–H groups in total. The Labute approximate surface area is 116 Å². The van der Waals surface area contributed by atoms with Crippen molar-refractivity contribution in [1.82, 2.24) is 5.32 Å². The number of furan rings is 1. The van der Waals surface area contributed by atoms with Gasteiger partial charge in [-0.15, -0.1) is 0 Å². The Bertz CT molecular complexity index is 491. The molecule has 1 atom stereocenters. The van der Waals surface area contributed by atoms with Crippen LogP contribution in [-0.2, 0) is 9.84 Å². The maximum absolute atomic E-state index is 11.5. The van der Waals surface area contributed by atoms with Crippen LogP contribution in [0.1, 0.15) is 49.8 Å². The van der Waals surface area contributed by atoms with Crippen LogP contribution in [0.3, 0.4) is 0 Å². The summed E-state index contributed by atoms with van der Waals surface area (Å²) in [7, 11) is -2.87. The summed E-state index contributed by atoms with van der Waals surface area (Å²) in [5, 5.41) is 3.40. The van der Waals surface area contributed by atoms with E-state index in [1.807, 2.05) is 19.9 Å². The van der Waals surface area contributed by atoms with Crippen molar-refractivity contribution in [2.45, 2.75) is 46.6 Å². The average Bonchev–Trinajstić information content (AvgIpc) is 2.67. The number of rotatable bonds is 8. The molecule has 0 spiro atoms. The molecule has 1 aromatic heterocycles. The highest BCUT2D eigenvalue weighted by atomic mass is 32.2. The molecule has 19 heavy (non-hydrogen) atoms. The molecule has 4 nitrogen and oxygen atoms in total. The van der Waals surface area contributed by atoms with Gasteiger partial charge in [-0.3, -0.25) is 0 Å². The van der Waals surface area contributed by atoms with Gasteiger partial charge >= 0.3 is 0 Å². The van der Waals surface area contributed by atoms with Crippen molar-refractivity contribution in [3.05, 3.63) is 23.2 Å². The molecule has 5 heteroatoms. The van der Waals surface area contributed by atoms with E-state index in [2.05, 4.69) is 12.2 Å². The smallest absolute Gasteiger partial charge is 0.150 e. The number of aryl methyl sites for hydroxylation is 2. The summed E-state index contributed by atoms with van der Waals surface area (Å²) in [6.07, 6.45) is 1.49. The third-order valence-corrected chi connectivity index (χ3v) is 5.08. The van der Waals surface area contributed by atoms with Gasteiger partial charge in [-0.1, -0.05) is 13.8 Å². The van der Waals surface area contributed by atoms with E-state index in [0.717, 1.165) is 30.0 Å². The lowest BCUT2D eigenvalue weighted by Gasteiger charge is -2.17. The summed E-state index contributed by atoms with van der Waals surface area (Å²) in [5.74, 6) is 2.31. The lowest BCUT2D eigenvalue weighted by atomic mass is 10.0. The van der Waals surface area contributed by atoms with E-state index in [4.69, 9.17) is 4.42 Å². The van der Waals surface area contributed by atoms with Crippen LogP contribution in [0.5, 0.6) is 0 Å². The van der Waals surface area contributed by atoms with Crippen LogP contribution in [0.2, 0.25) is 0 Å². The molecule has 1 heterocycles. The van der Waals surface area contributed by atoms with Gasteiger partial charge in [0.2, 0.25) is 0 Å². The summed E-state index contributed by atoms with van der Waals surface area (Å²) < 4.78 is 28.6. The normalized spacial score (nSPS) is 13.7. The van der Waals surface area contributed by atoms with Crippen LogP contribution in [0.15, 0.2) is 10.5 Å². The van der Waals surface area contributed by atoms with Crippen LogP contribution in [0, 0.1) is 13.8 Å². The molecule has 0 radical (unpaired) electrons. The average molecular weight is 287 g/mol. The van der Waals surface area contributed by atoms with Gasteiger partial charge < -0.3 is 9.73 Å². The van der Waals surface area contributed by atoms with Gasteiger partial charge in [-0.05, 0) is 39.3 Å². The molecule has 1 unspecified atom stereocenters. The van der Waals surface area contributed by atoms with Crippen LogP contribution in [0.4, 0.5) is 0 Å². The molecule has 1 rings (SSSR count). The summed E-state index contributed by atoms with van der Waals surface area (Å²) >= 11 is 0. The van der Waals surface area contributed by atoms with Gasteiger partial charge in [0.05, 0.1) is 5.75 Å². The van der Waals surface area contributed by atoms with E-state index in [1.54, 1.807) is 6.92 Å². The molecule has 1 aromatic rings. The zero-order chi connectivity index (χ0) is 14.5. The molecular formula is C14H25NO3S. The highest BCUT2D eigenvalue weighted by Crippen LogP contribution is 2.25. The first-order chi connectivity index (χ1) is 8.89. The van der Waals surface area contributed by atoms with E-state index in [0.29, 0.717) is 6.42 Å². The molecule has 0 aliphatic heterocycles. The molecule has 0 bridgehead atoms. The van der Waals surface area contributed by atoms with Gasteiger partial charge in [0.15, 0.2) is 0 Å². The largest absolute Gasteiger partial charge is 0.466 e. The van der Waals surface area contributed by atoms with Crippen molar-refractivity contribution in [3.8, 4) is 0 Å². The van der Waals surface area contributed by atoms with Crippen LogP contribution in [0.25, 0.3) is 0 Å². The van der Waals surface area contributed by atoms with Gasteiger partial charge in [0.25, 0.3) is 0 Å². The topological polar surface area (TPSA) is 59.3 Å². The van der Waals surface area contributed by atoms with Crippen molar-refractivity contribution in [2.75, 3.05) is 18.1 Å². The highest BCUT2D eigenvalue weighted by Gasteiger charge is 2.17. The summed E-state index contributed by atoms with van der Waals surface area (Å²) in [6.45, 7) is 8.49. The number of sulfone groups is 1. The van der Waals surface area contributed by atoms with Gasteiger partial charge in [0.1, 0.15) is 21.4 Å². The lowest BCUT2D eigenvalue weighted by Crippen LogP contribution is -2.22. The zero-order valence-corrected chi connectivity index (χ0v) is 13.1. The Morgan fingerprint density at radius 3 is 2.47 bits per heavy atom. The molecule has 0 saturated carbocycles. The molecule has 0 saturated heterocycles. The summed E-state index contributed by atoms with van der Waals surface area (Å²) in [5.41, 5.74) is 1.15. The van der Waals surface area contributed by atoms with Crippen molar-refractivity contribution in [2.24, 2.45) is 0 Å². The van der Waals surface area contributed by atoms with Crippen molar-refractivity contribution < 1.29 is 12.8 Å². The van der Waals surface area contributed by atoms with E-state index < -0.39 is 9.84 Å². The Morgan fingerprint density at radius 1 is 1.32 bits per heavy atom. The van der Waals surface area contributed by atoms with E-state index in [-0.39, 0.29) is 17.5 Å². The van der Waals surface area contributed by atoms with Crippen LogP contribution >= 0.6 is 0 Å². The fourth-order valence-electron chi connectivity index (χ4n) is 2.26. The molecule has 0 amide bonds. The first-order valence-electron chi connectivity index (χ1n) is 6.90.